The fourth-order valence-electron chi connectivity index (χ4n) is 8.11. The first-order chi connectivity index (χ1) is 15.2. The summed E-state index contributed by atoms with van der Waals surface area (Å²) < 4.78 is 0. The fraction of sp³-hybridized carbons (Fsp3) is 0.750. The number of fused-ring (bicyclic) bond motifs is 5. The Morgan fingerprint density at radius 1 is 1.16 bits per heavy atom. The summed E-state index contributed by atoms with van der Waals surface area (Å²) in [5, 5.41) is 39.6. The quantitative estimate of drug-likeness (QED) is 0.316. The van der Waals surface area contributed by atoms with Gasteiger partial charge in [-0.2, -0.15) is 15.3 Å². The Bertz CT molecular complexity index is 934. The number of hydrogen-bond donors (Lipinski definition) is 4. The third-order valence-electron chi connectivity index (χ3n) is 10.0. The molecule has 0 spiro atoms. The van der Waals surface area contributed by atoms with E-state index in [1.807, 2.05) is 6.20 Å². The summed E-state index contributed by atoms with van der Waals surface area (Å²) in [6.07, 6.45) is 10.1. The Morgan fingerprint density at radius 3 is 2.69 bits per heavy atom. The van der Waals surface area contributed by atoms with Gasteiger partial charge in [0.1, 0.15) is 0 Å². The summed E-state index contributed by atoms with van der Waals surface area (Å²) in [4.78, 5) is 0. The summed E-state index contributed by atoms with van der Waals surface area (Å²) in [5.41, 5.74) is 12.0. The minimum absolute atomic E-state index is 0.0103. The van der Waals surface area contributed by atoms with Crippen molar-refractivity contribution in [1.29, 1.82) is 0 Å². The molecule has 0 aromatic carbocycles. The van der Waals surface area contributed by atoms with Crippen LogP contribution in [0.15, 0.2) is 28.7 Å². The van der Waals surface area contributed by atoms with Gasteiger partial charge in [-0.3, -0.25) is 0 Å². The average molecular weight is 441 g/mol. The van der Waals surface area contributed by atoms with E-state index < -0.39 is 17.1 Å². The zero-order valence-electron chi connectivity index (χ0n) is 19.1. The van der Waals surface area contributed by atoms with Gasteiger partial charge in [0.25, 0.3) is 0 Å². The molecule has 4 fully saturated rings. The summed E-state index contributed by atoms with van der Waals surface area (Å²) in [6, 6.07) is 2.05. The normalized spacial score (nSPS) is 46.8. The van der Waals surface area contributed by atoms with E-state index in [0.717, 1.165) is 49.8 Å². The van der Waals surface area contributed by atoms with Gasteiger partial charge in [0.05, 0.1) is 17.9 Å². The van der Waals surface area contributed by atoms with Crippen molar-refractivity contribution in [2.45, 2.75) is 82.8 Å². The highest BCUT2D eigenvalue weighted by molar-refractivity contribution is 5.86. The molecule has 1 aromatic rings. The van der Waals surface area contributed by atoms with Crippen LogP contribution < -0.4 is 11.5 Å². The molecular formula is C24H36N6O2. The van der Waals surface area contributed by atoms with Crippen molar-refractivity contribution < 1.29 is 10.2 Å². The SMILES string of the molecule is C[C@]12CCC(=NN=C(N)N)CC1CC(c1ccnnc1)[C@@H]1[C@H]2CC[C@]2(C)C(O)CC[C@@]12O. The molecule has 0 amide bonds. The molecule has 0 radical (unpaired) electrons. The summed E-state index contributed by atoms with van der Waals surface area (Å²) in [5.74, 6) is 1.07. The topological polar surface area (TPSA) is 143 Å². The minimum Gasteiger partial charge on any atom is -0.392 e. The van der Waals surface area contributed by atoms with Gasteiger partial charge in [-0.15, -0.1) is 5.10 Å². The predicted octanol–water partition coefficient (Wildman–Crippen LogP) is 2.32. The smallest absolute Gasteiger partial charge is 0.211 e. The molecule has 1 heterocycles. The van der Waals surface area contributed by atoms with E-state index in [2.05, 4.69) is 40.3 Å². The van der Waals surface area contributed by atoms with Gasteiger partial charge < -0.3 is 21.7 Å². The van der Waals surface area contributed by atoms with E-state index in [9.17, 15) is 10.2 Å². The molecule has 0 aliphatic heterocycles. The monoisotopic (exact) mass is 440 g/mol. The van der Waals surface area contributed by atoms with Crippen LogP contribution in [0.3, 0.4) is 0 Å². The Balaban J connectivity index is 1.57. The van der Waals surface area contributed by atoms with Crippen molar-refractivity contribution in [1.82, 2.24) is 10.2 Å². The molecule has 32 heavy (non-hydrogen) atoms. The van der Waals surface area contributed by atoms with Crippen molar-refractivity contribution in [3.63, 3.8) is 0 Å². The van der Waals surface area contributed by atoms with Crippen LogP contribution in [0.2, 0.25) is 0 Å². The second kappa shape index (κ2) is 7.48. The maximum Gasteiger partial charge on any atom is 0.211 e. The second-order valence-electron chi connectivity index (χ2n) is 11.2. The first-order valence-corrected chi connectivity index (χ1v) is 12.0. The Kier molecular flexibility index (Phi) is 5.09. The number of aliphatic hydroxyl groups excluding tert-OH is 1. The zero-order chi connectivity index (χ0) is 22.7. The standard InChI is InChI=1S/C24H36N6O2/c1-22-7-3-16(29-30-21(25)26)11-15(22)12-17(14-6-10-27-28-13-14)20-18(22)4-8-23(2)19(31)5-9-24(20,23)32/h6,10,13,15,17-20,31-32H,3-5,7-9,11-12H2,1-2H3,(H4,25,26,30)/t15?,17?,18-,19?,20-,22+,23-,24-/m1/s1. The molecule has 0 saturated heterocycles. The van der Waals surface area contributed by atoms with Crippen LogP contribution in [-0.4, -0.2) is 43.8 Å². The highest BCUT2D eigenvalue weighted by atomic mass is 16.3. The maximum absolute atomic E-state index is 12.3. The van der Waals surface area contributed by atoms with Crippen molar-refractivity contribution in [3.05, 3.63) is 24.0 Å². The number of aromatic nitrogens is 2. The summed E-state index contributed by atoms with van der Waals surface area (Å²) >= 11 is 0. The van der Waals surface area contributed by atoms with Gasteiger partial charge >= 0.3 is 0 Å². The molecular weight excluding hydrogens is 404 g/mol. The van der Waals surface area contributed by atoms with Crippen LogP contribution in [-0.2, 0) is 0 Å². The van der Waals surface area contributed by atoms with Gasteiger partial charge in [0, 0.05) is 17.3 Å². The number of guanidine groups is 1. The number of hydrogen-bond acceptors (Lipinski definition) is 6. The van der Waals surface area contributed by atoms with Crippen LogP contribution in [0.4, 0.5) is 0 Å². The van der Waals surface area contributed by atoms with E-state index >= 15 is 0 Å². The van der Waals surface area contributed by atoms with E-state index in [1.54, 1.807) is 6.20 Å². The summed E-state index contributed by atoms with van der Waals surface area (Å²) in [7, 11) is 0. The van der Waals surface area contributed by atoms with Crippen molar-refractivity contribution in [2.75, 3.05) is 0 Å². The summed E-state index contributed by atoms with van der Waals surface area (Å²) in [6.45, 7) is 4.53. The lowest BCUT2D eigenvalue weighted by atomic mass is 9.41. The average Bonchev–Trinajstić information content (AvgIpc) is 3.02. The van der Waals surface area contributed by atoms with Crippen LogP contribution >= 0.6 is 0 Å². The Morgan fingerprint density at radius 2 is 1.97 bits per heavy atom. The highest BCUT2D eigenvalue weighted by Gasteiger charge is 2.69. The zero-order valence-corrected chi connectivity index (χ0v) is 19.1. The van der Waals surface area contributed by atoms with E-state index in [0.29, 0.717) is 24.7 Å². The van der Waals surface area contributed by atoms with Crippen LogP contribution in [0.25, 0.3) is 0 Å². The van der Waals surface area contributed by atoms with Crippen molar-refractivity contribution in [3.8, 4) is 0 Å². The van der Waals surface area contributed by atoms with Gasteiger partial charge in [-0.1, -0.05) is 13.8 Å². The Labute approximate surface area is 189 Å². The Hall–Kier alpha value is -2.06. The molecule has 5 rings (SSSR count). The van der Waals surface area contributed by atoms with E-state index in [-0.39, 0.29) is 23.2 Å². The lowest BCUT2D eigenvalue weighted by Gasteiger charge is -2.65. The van der Waals surface area contributed by atoms with E-state index in [4.69, 9.17) is 11.5 Å². The minimum atomic E-state index is -0.871. The molecule has 4 aliphatic carbocycles. The second-order valence-corrected chi connectivity index (χ2v) is 11.2. The van der Waals surface area contributed by atoms with Gasteiger partial charge in [-0.05, 0) is 92.1 Å². The third-order valence-corrected chi connectivity index (χ3v) is 10.0. The largest absolute Gasteiger partial charge is 0.392 e. The van der Waals surface area contributed by atoms with E-state index in [1.165, 1.54) is 0 Å². The molecule has 4 saturated carbocycles. The number of nitrogens with zero attached hydrogens (tertiary/aromatic N) is 4. The molecule has 6 N–H and O–H groups in total. The number of aliphatic hydroxyl groups is 2. The van der Waals surface area contributed by atoms with Crippen molar-refractivity contribution >= 4 is 11.7 Å². The molecule has 0 bridgehead atoms. The maximum atomic E-state index is 12.3. The lowest BCUT2D eigenvalue weighted by molar-refractivity contribution is -0.216. The van der Waals surface area contributed by atoms with Crippen molar-refractivity contribution in [2.24, 2.45) is 50.3 Å². The third kappa shape index (κ3) is 3.02. The van der Waals surface area contributed by atoms with Crippen LogP contribution in [0.5, 0.6) is 0 Å². The van der Waals surface area contributed by atoms with Gasteiger partial charge in [0.15, 0.2) is 0 Å². The molecule has 174 valence electrons. The molecule has 8 nitrogen and oxygen atoms in total. The highest BCUT2D eigenvalue weighted by Crippen LogP contribution is 2.70. The predicted molar refractivity (Wildman–Crippen MR) is 123 cm³/mol. The molecule has 8 heteroatoms. The molecule has 8 atom stereocenters. The fourth-order valence-corrected chi connectivity index (χ4v) is 8.11. The van der Waals surface area contributed by atoms with Gasteiger partial charge in [0.2, 0.25) is 5.96 Å². The van der Waals surface area contributed by atoms with Gasteiger partial charge in [-0.25, -0.2) is 0 Å². The molecule has 4 aliphatic rings. The molecule has 3 unspecified atom stereocenters. The molecule has 1 aromatic heterocycles. The van der Waals surface area contributed by atoms with Crippen LogP contribution in [0.1, 0.15) is 76.7 Å². The first-order valence-electron chi connectivity index (χ1n) is 12.0. The van der Waals surface area contributed by atoms with Crippen LogP contribution in [0, 0.1) is 28.6 Å². The number of nitrogens with two attached hydrogens (primary N) is 2. The first kappa shape index (κ1) is 21.8. The number of rotatable bonds is 2. The lowest BCUT2D eigenvalue weighted by Crippen LogP contribution is -2.64.